The number of carbonyl (C=O) groups excluding carboxylic acids is 2. The average Bonchev–Trinajstić information content (AvgIpc) is 2.30. The number of ether oxygens (including phenoxy) is 1. The molecule has 0 bridgehead atoms. The van der Waals surface area contributed by atoms with Gasteiger partial charge in [-0.3, -0.25) is 9.59 Å². The van der Waals surface area contributed by atoms with E-state index in [1.165, 1.54) is 7.11 Å². The summed E-state index contributed by atoms with van der Waals surface area (Å²) in [6, 6.07) is 3.39. The lowest BCUT2D eigenvalue weighted by atomic mass is 10.0. The maximum absolute atomic E-state index is 11.7. The number of aryl methyl sites for hydroxylation is 2. The largest absolute Gasteiger partial charge is 0.496 e. The van der Waals surface area contributed by atoms with Gasteiger partial charge < -0.3 is 4.74 Å². The molecule has 16 heavy (non-hydrogen) atoms. The molecule has 0 aromatic heterocycles. The minimum absolute atomic E-state index is 0.274. The molecule has 0 aliphatic rings. The Morgan fingerprint density at radius 2 is 1.81 bits per heavy atom. The van der Waals surface area contributed by atoms with Crippen molar-refractivity contribution < 1.29 is 14.3 Å². The molecule has 86 valence electrons. The Labute approximate surface area is 99.4 Å². The van der Waals surface area contributed by atoms with Gasteiger partial charge in [0, 0.05) is 0 Å². The molecule has 0 aliphatic heterocycles. The lowest BCUT2D eigenvalue weighted by Crippen LogP contribution is -2.16. The van der Waals surface area contributed by atoms with Gasteiger partial charge in [0.1, 0.15) is 5.75 Å². The molecular weight excluding hydrogens is 228 g/mol. The van der Waals surface area contributed by atoms with Crippen LogP contribution in [0.2, 0.25) is 0 Å². The van der Waals surface area contributed by atoms with Crippen LogP contribution in [0.1, 0.15) is 21.5 Å². The van der Waals surface area contributed by atoms with Gasteiger partial charge >= 0.3 is 0 Å². The predicted octanol–water partition coefficient (Wildman–Crippen LogP) is 2.30. The number of ketones is 2. The van der Waals surface area contributed by atoms with Crippen molar-refractivity contribution in [1.29, 1.82) is 0 Å². The number of halogens is 1. The number of methoxy groups -OCH3 is 1. The number of benzene rings is 1. The van der Waals surface area contributed by atoms with Crippen molar-refractivity contribution in [2.75, 3.05) is 13.0 Å². The maximum Gasteiger partial charge on any atom is 0.233 e. The van der Waals surface area contributed by atoms with Crippen molar-refractivity contribution >= 4 is 23.2 Å². The van der Waals surface area contributed by atoms with Crippen LogP contribution >= 0.6 is 11.6 Å². The van der Waals surface area contributed by atoms with E-state index in [1.54, 1.807) is 12.1 Å². The molecular formula is C12H13ClO3. The summed E-state index contributed by atoms with van der Waals surface area (Å²) in [5, 5.41) is 0. The second-order valence-corrected chi connectivity index (χ2v) is 3.79. The summed E-state index contributed by atoms with van der Waals surface area (Å²) in [6.07, 6.45) is 0. The summed E-state index contributed by atoms with van der Waals surface area (Å²) in [4.78, 5) is 22.9. The highest BCUT2D eigenvalue weighted by Crippen LogP contribution is 2.23. The zero-order valence-electron chi connectivity index (χ0n) is 9.46. The fraction of sp³-hybridized carbons (Fsp3) is 0.333. The highest BCUT2D eigenvalue weighted by atomic mass is 35.5. The van der Waals surface area contributed by atoms with Crippen LogP contribution in [0.25, 0.3) is 0 Å². The minimum Gasteiger partial charge on any atom is -0.496 e. The molecule has 0 amide bonds. The van der Waals surface area contributed by atoms with Crippen LogP contribution in [-0.4, -0.2) is 24.6 Å². The first kappa shape index (κ1) is 12.7. The molecule has 0 atom stereocenters. The molecule has 3 nitrogen and oxygen atoms in total. The van der Waals surface area contributed by atoms with Crippen LogP contribution in [0.4, 0.5) is 0 Å². The summed E-state index contributed by atoms with van der Waals surface area (Å²) >= 11 is 5.35. The van der Waals surface area contributed by atoms with Gasteiger partial charge in [-0.1, -0.05) is 0 Å². The van der Waals surface area contributed by atoms with E-state index in [2.05, 4.69) is 0 Å². The number of rotatable bonds is 4. The van der Waals surface area contributed by atoms with E-state index in [-0.39, 0.29) is 11.4 Å². The lowest BCUT2D eigenvalue weighted by Gasteiger charge is -2.09. The van der Waals surface area contributed by atoms with E-state index >= 15 is 0 Å². The summed E-state index contributed by atoms with van der Waals surface area (Å²) in [5.41, 5.74) is 2.22. The van der Waals surface area contributed by atoms with Crippen molar-refractivity contribution in [3.8, 4) is 5.75 Å². The monoisotopic (exact) mass is 240 g/mol. The third-order valence-electron chi connectivity index (χ3n) is 2.44. The van der Waals surface area contributed by atoms with Gasteiger partial charge in [0.2, 0.25) is 11.6 Å². The van der Waals surface area contributed by atoms with Gasteiger partial charge in [0.25, 0.3) is 0 Å². The molecule has 0 radical (unpaired) electrons. The predicted molar refractivity (Wildman–Crippen MR) is 62.5 cm³/mol. The van der Waals surface area contributed by atoms with E-state index < -0.39 is 11.6 Å². The number of hydrogen-bond donors (Lipinski definition) is 0. The van der Waals surface area contributed by atoms with Crippen LogP contribution in [0.3, 0.4) is 0 Å². The van der Waals surface area contributed by atoms with Crippen LogP contribution in [0, 0.1) is 13.8 Å². The molecule has 0 unspecified atom stereocenters. The van der Waals surface area contributed by atoms with E-state index in [0.29, 0.717) is 5.75 Å². The molecule has 0 fully saturated rings. The Morgan fingerprint density at radius 1 is 1.25 bits per heavy atom. The molecule has 0 N–H and O–H groups in total. The molecule has 0 spiro atoms. The van der Waals surface area contributed by atoms with E-state index in [1.807, 2.05) is 13.8 Å². The lowest BCUT2D eigenvalue weighted by molar-refractivity contribution is -0.112. The topological polar surface area (TPSA) is 43.4 Å². The smallest absolute Gasteiger partial charge is 0.233 e. The van der Waals surface area contributed by atoms with E-state index in [9.17, 15) is 9.59 Å². The Hall–Kier alpha value is -1.35. The summed E-state index contributed by atoms with van der Waals surface area (Å²) in [6.45, 7) is 3.78. The highest BCUT2D eigenvalue weighted by molar-refractivity contribution is 6.51. The molecule has 1 aromatic rings. The van der Waals surface area contributed by atoms with Gasteiger partial charge in [-0.2, -0.15) is 0 Å². The zero-order valence-corrected chi connectivity index (χ0v) is 10.2. The fourth-order valence-corrected chi connectivity index (χ4v) is 1.47. The molecule has 0 heterocycles. The first-order chi connectivity index (χ1) is 7.51. The first-order valence-electron chi connectivity index (χ1n) is 4.80. The molecule has 1 aromatic carbocycles. The summed E-state index contributed by atoms with van der Waals surface area (Å²) in [7, 11) is 1.46. The zero-order chi connectivity index (χ0) is 12.3. The van der Waals surface area contributed by atoms with Crippen molar-refractivity contribution in [1.82, 2.24) is 0 Å². The van der Waals surface area contributed by atoms with Crippen molar-refractivity contribution in [2.45, 2.75) is 13.8 Å². The Kier molecular flexibility index (Phi) is 4.07. The normalized spacial score (nSPS) is 10.0. The standard InChI is InChI=1S/C12H13ClO3/c1-7-4-9(12(15)10(14)6-13)11(16-3)5-8(7)2/h4-5H,6H2,1-3H3. The van der Waals surface area contributed by atoms with Crippen LogP contribution in [0.15, 0.2) is 12.1 Å². The van der Waals surface area contributed by atoms with Gasteiger partial charge in [0.05, 0.1) is 18.6 Å². The van der Waals surface area contributed by atoms with Crippen molar-refractivity contribution in [3.63, 3.8) is 0 Å². The summed E-state index contributed by atoms with van der Waals surface area (Å²) < 4.78 is 5.08. The van der Waals surface area contributed by atoms with E-state index in [0.717, 1.165) is 11.1 Å². The molecule has 1 rings (SSSR count). The average molecular weight is 241 g/mol. The number of hydrogen-bond acceptors (Lipinski definition) is 3. The third-order valence-corrected chi connectivity index (χ3v) is 2.68. The Bertz CT molecular complexity index is 438. The van der Waals surface area contributed by atoms with Crippen LogP contribution in [-0.2, 0) is 4.79 Å². The fourth-order valence-electron chi connectivity index (χ4n) is 1.35. The van der Waals surface area contributed by atoms with Crippen molar-refractivity contribution in [2.24, 2.45) is 0 Å². The minimum atomic E-state index is -0.622. The summed E-state index contributed by atoms with van der Waals surface area (Å²) in [5.74, 6) is -1.13. The number of carbonyl (C=O) groups is 2. The number of alkyl halides is 1. The van der Waals surface area contributed by atoms with Gasteiger partial charge in [-0.05, 0) is 37.1 Å². The van der Waals surface area contributed by atoms with Crippen LogP contribution < -0.4 is 4.74 Å². The van der Waals surface area contributed by atoms with Gasteiger partial charge in [-0.25, -0.2) is 0 Å². The maximum atomic E-state index is 11.7. The highest BCUT2D eigenvalue weighted by Gasteiger charge is 2.20. The Morgan fingerprint density at radius 3 is 2.31 bits per heavy atom. The molecule has 0 aliphatic carbocycles. The number of Topliss-reactive ketones (excluding diaryl/α,β-unsaturated/α-hetero) is 2. The molecule has 0 saturated carbocycles. The van der Waals surface area contributed by atoms with E-state index in [4.69, 9.17) is 16.3 Å². The first-order valence-corrected chi connectivity index (χ1v) is 5.33. The second-order valence-electron chi connectivity index (χ2n) is 3.52. The third kappa shape index (κ3) is 2.42. The van der Waals surface area contributed by atoms with Gasteiger partial charge in [-0.15, -0.1) is 11.6 Å². The molecule has 4 heteroatoms. The Balaban J connectivity index is 3.27. The van der Waals surface area contributed by atoms with Crippen molar-refractivity contribution in [3.05, 3.63) is 28.8 Å². The SMILES string of the molecule is COc1cc(C)c(C)cc1C(=O)C(=O)CCl. The van der Waals surface area contributed by atoms with Crippen LogP contribution in [0.5, 0.6) is 5.75 Å². The van der Waals surface area contributed by atoms with Gasteiger partial charge in [0.15, 0.2) is 0 Å². The second kappa shape index (κ2) is 5.12. The molecule has 0 saturated heterocycles. The quantitative estimate of drug-likeness (QED) is 0.461.